The van der Waals surface area contributed by atoms with Crippen LogP contribution in [0.15, 0.2) is 39.9 Å². The normalized spacial score (nSPS) is 20.4. The number of benzene rings is 1. The standard InChI is InChI=1S/C20H18N4O5S2/c1-11-17(24-15-14(31-20(24)27)16(25)23-19(21)22-15)29-13(30-11)9-5-6-10-28-18(26)12-7-3-2-4-8-12/h2-4,7-8,11,13,17H,9-10H2,1H3,(H3,21,22,23,25)/t11-,13?,17?/m0/s1. The minimum Gasteiger partial charge on any atom is -0.449 e. The van der Waals surface area contributed by atoms with E-state index in [4.69, 9.17) is 15.2 Å². The van der Waals surface area contributed by atoms with Gasteiger partial charge in [-0.3, -0.25) is 19.1 Å². The van der Waals surface area contributed by atoms with E-state index in [1.807, 2.05) is 13.0 Å². The van der Waals surface area contributed by atoms with E-state index in [0.717, 1.165) is 11.3 Å². The van der Waals surface area contributed by atoms with Crippen molar-refractivity contribution in [2.24, 2.45) is 0 Å². The zero-order chi connectivity index (χ0) is 22.0. The number of hydrogen-bond acceptors (Lipinski definition) is 9. The average molecular weight is 459 g/mol. The number of nitrogens with two attached hydrogens (primary N) is 1. The van der Waals surface area contributed by atoms with E-state index < -0.39 is 17.8 Å². The Balaban J connectivity index is 1.39. The molecule has 1 saturated heterocycles. The summed E-state index contributed by atoms with van der Waals surface area (Å²) < 4.78 is 12.7. The fourth-order valence-electron chi connectivity index (χ4n) is 3.11. The van der Waals surface area contributed by atoms with Gasteiger partial charge >= 0.3 is 10.8 Å². The smallest absolute Gasteiger partial charge is 0.339 e. The van der Waals surface area contributed by atoms with E-state index >= 15 is 0 Å². The van der Waals surface area contributed by atoms with Crippen LogP contribution in [0.5, 0.6) is 0 Å². The molecule has 3 atom stereocenters. The average Bonchev–Trinajstić information content (AvgIpc) is 3.27. The molecule has 3 heterocycles. The van der Waals surface area contributed by atoms with Crippen molar-refractivity contribution in [1.82, 2.24) is 14.5 Å². The van der Waals surface area contributed by atoms with E-state index in [9.17, 15) is 14.4 Å². The lowest BCUT2D eigenvalue weighted by Gasteiger charge is -2.15. The molecule has 0 saturated carbocycles. The number of nitrogens with zero attached hydrogens (tertiary/aromatic N) is 2. The molecule has 3 aromatic rings. The number of carbonyl (C=O) groups is 1. The Bertz CT molecular complexity index is 1290. The number of fused-ring (bicyclic) bond motifs is 1. The number of aromatic nitrogens is 3. The van der Waals surface area contributed by atoms with Crippen molar-refractivity contribution >= 4 is 45.4 Å². The molecule has 1 fully saturated rings. The fraction of sp³-hybridized carbons (Fsp3) is 0.300. The number of nitrogens with one attached hydrogen (secondary N) is 1. The minimum absolute atomic E-state index is 0.0231. The SMILES string of the molecule is C[C@@H]1SC(CC#CCOC(=O)c2ccccc2)OC1n1c(=O)sc2c(=O)[nH]c(N)nc21. The summed E-state index contributed by atoms with van der Waals surface area (Å²) in [6.07, 6.45) is -0.205. The van der Waals surface area contributed by atoms with Gasteiger partial charge in [0.05, 0.1) is 10.8 Å². The Morgan fingerprint density at radius 2 is 2.10 bits per heavy atom. The van der Waals surface area contributed by atoms with Crippen molar-refractivity contribution in [1.29, 1.82) is 0 Å². The highest BCUT2D eigenvalue weighted by Gasteiger charge is 2.36. The third-order valence-electron chi connectivity index (χ3n) is 4.48. The highest BCUT2D eigenvalue weighted by atomic mass is 32.2. The zero-order valence-electron chi connectivity index (χ0n) is 16.4. The van der Waals surface area contributed by atoms with Crippen LogP contribution in [0.25, 0.3) is 10.3 Å². The van der Waals surface area contributed by atoms with Gasteiger partial charge < -0.3 is 15.2 Å². The second kappa shape index (κ2) is 8.97. The van der Waals surface area contributed by atoms with Crippen molar-refractivity contribution in [3.05, 3.63) is 55.9 Å². The number of carbonyl (C=O) groups excluding carboxylic acids is 1. The maximum Gasteiger partial charge on any atom is 0.339 e. The van der Waals surface area contributed by atoms with E-state index in [2.05, 4.69) is 21.8 Å². The summed E-state index contributed by atoms with van der Waals surface area (Å²) in [4.78, 5) is 42.6. The summed E-state index contributed by atoms with van der Waals surface area (Å²) in [6.45, 7) is 1.90. The topological polar surface area (TPSA) is 129 Å². The molecule has 1 aromatic carbocycles. The van der Waals surface area contributed by atoms with Gasteiger partial charge in [-0.25, -0.2) is 4.79 Å². The number of rotatable bonds is 4. The zero-order valence-corrected chi connectivity index (χ0v) is 18.0. The van der Waals surface area contributed by atoms with Gasteiger partial charge in [0.25, 0.3) is 5.56 Å². The van der Waals surface area contributed by atoms with E-state index in [1.54, 1.807) is 24.3 Å². The monoisotopic (exact) mass is 458 g/mol. The summed E-state index contributed by atoms with van der Waals surface area (Å²) in [7, 11) is 0. The van der Waals surface area contributed by atoms with Crippen LogP contribution in [0.2, 0.25) is 0 Å². The first-order chi connectivity index (χ1) is 14.9. The Morgan fingerprint density at radius 3 is 2.87 bits per heavy atom. The van der Waals surface area contributed by atoms with Crippen LogP contribution in [0.3, 0.4) is 0 Å². The van der Waals surface area contributed by atoms with Gasteiger partial charge in [0.15, 0.2) is 18.5 Å². The Labute approximate surface area is 184 Å². The molecule has 4 rings (SSSR count). The van der Waals surface area contributed by atoms with Crippen LogP contribution in [0, 0.1) is 11.8 Å². The molecule has 31 heavy (non-hydrogen) atoms. The van der Waals surface area contributed by atoms with Gasteiger partial charge in [0, 0.05) is 6.42 Å². The first kappa shape index (κ1) is 21.2. The first-order valence-electron chi connectivity index (χ1n) is 9.33. The molecule has 11 heteroatoms. The van der Waals surface area contributed by atoms with Crippen molar-refractivity contribution in [3.63, 3.8) is 0 Å². The molecule has 0 spiro atoms. The second-order valence-electron chi connectivity index (χ2n) is 6.64. The summed E-state index contributed by atoms with van der Waals surface area (Å²) in [6, 6.07) is 8.69. The van der Waals surface area contributed by atoms with Gasteiger partial charge in [-0.05, 0) is 19.1 Å². The van der Waals surface area contributed by atoms with Crippen LogP contribution in [-0.2, 0) is 9.47 Å². The third kappa shape index (κ3) is 4.51. The molecule has 0 radical (unpaired) electrons. The molecule has 0 bridgehead atoms. The molecule has 2 unspecified atom stereocenters. The maximum absolute atomic E-state index is 12.5. The Morgan fingerprint density at radius 1 is 1.32 bits per heavy atom. The van der Waals surface area contributed by atoms with Gasteiger partial charge in [-0.1, -0.05) is 41.4 Å². The number of anilines is 1. The highest BCUT2D eigenvalue weighted by Crippen LogP contribution is 2.40. The number of esters is 1. The number of ether oxygens (including phenoxy) is 2. The molecule has 1 aliphatic rings. The predicted molar refractivity (Wildman–Crippen MR) is 119 cm³/mol. The molecule has 0 aliphatic carbocycles. The largest absolute Gasteiger partial charge is 0.449 e. The number of thiazole rings is 1. The van der Waals surface area contributed by atoms with Crippen LogP contribution in [0.1, 0.15) is 29.9 Å². The minimum atomic E-state index is -0.595. The molecule has 160 valence electrons. The van der Waals surface area contributed by atoms with E-state index in [0.29, 0.717) is 12.0 Å². The van der Waals surface area contributed by atoms with Crippen LogP contribution < -0.4 is 16.2 Å². The Kier molecular flexibility index (Phi) is 6.13. The maximum atomic E-state index is 12.5. The quantitative estimate of drug-likeness (QED) is 0.448. The lowest BCUT2D eigenvalue weighted by molar-refractivity contribution is 0.0100. The van der Waals surface area contributed by atoms with Crippen LogP contribution >= 0.6 is 23.1 Å². The predicted octanol–water partition coefficient (Wildman–Crippen LogP) is 1.96. The summed E-state index contributed by atoms with van der Waals surface area (Å²) in [5, 5.41) is -0.0690. The molecule has 0 amide bonds. The van der Waals surface area contributed by atoms with Gasteiger partial charge in [-0.15, -0.1) is 11.8 Å². The summed E-state index contributed by atoms with van der Waals surface area (Å²) >= 11 is 2.34. The van der Waals surface area contributed by atoms with Crippen molar-refractivity contribution in [2.75, 3.05) is 12.3 Å². The highest BCUT2D eigenvalue weighted by molar-refractivity contribution is 8.00. The third-order valence-corrected chi connectivity index (χ3v) is 6.67. The molecule has 9 nitrogen and oxygen atoms in total. The summed E-state index contributed by atoms with van der Waals surface area (Å²) in [5.74, 6) is 5.26. The second-order valence-corrected chi connectivity index (χ2v) is 9.14. The molecule has 1 aliphatic heterocycles. The number of H-pyrrole nitrogens is 1. The molecular weight excluding hydrogens is 440 g/mol. The molecule has 3 N–H and O–H groups in total. The first-order valence-corrected chi connectivity index (χ1v) is 11.1. The Hall–Kier alpha value is -3.07. The molecule has 2 aromatic heterocycles. The van der Waals surface area contributed by atoms with Crippen molar-refractivity contribution in [3.8, 4) is 11.8 Å². The lowest BCUT2D eigenvalue weighted by Crippen LogP contribution is -2.26. The number of hydrogen-bond donors (Lipinski definition) is 2. The van der Waals surface area contributed by atoms with Gasteiger partial charge in [-0.2, -0.15) is 4.98 Å². The van der Waals surface area contributed by atoms with Gasteiger partial charge in [0.2, 0.25) is 5.95 Å². The number of thioether (sulfide) groups is 1. The molecular formula is C20H18N4O5S2. The number of nitrogen functional groups attached to an aromatic ring is 1. The van der Waals surface area contributed by atoms with Gasteiger partial charge in [0.1, 0.15) is 10.1 Å². The lowest BCUT2D eigenvalue weighted by atomic mass is 10.2. The van der Waals surface area contributed by atoms with Crippen molar-refractivity contribution < 1.29 is 14.3 Å². The van der Waals surface area contributed by atoms with E-state index in [1.165, 1.54) is 16.3 Å². The van der Waals surface area contributed by atoms with Crippen molar-refractivity contribution in [2.45, 2.75) is 30.3 Å². The number of aromatic amines is 1. The summed E-state index contributed by atoms with van der Waals surface area (Å²) in [5.41, 5.74) is 5.60. The van der Waals surface area contributed by atoms with E-state index in [-0.39, 0.29) is 38.5 Å². The van der Waals surface area contributed by atoms with Crippen LogP contribution in [-0.4, -0.2) is 37.8 Å². The van der Waals surface area contributed by atoms with Crippen LogP contribution in [0.4, 0.5) is 5.95 Å². The fourth-order valence-corrected chi connectivity index (χ4v) is 5.11.